The molecule has 0 radical (unpaired) electrons. The zero-order valence-electron chi connectivity index (χ0n) is 23.3. The van der Waals surface area contributed by atoms with E-state index in [2.05, 4.69) is 15.6 Å². The Hall–Kier alpha value is -3.53. The van der Waals surface area contributed by atoms with Crippen LogP contribution in [0.25, 0.3) is 0 Å². The molecule has 1 aromatic carbocycles. The summed E-state index contributed by atoms with van der Waals surface area (Å²) in [6.07, 6.45) is 11.4. The molecule has 2 aromatic rings. The summed E-state index contributed by atoms with van der Waals surface area (Å²) in [6, 6.07) is 11.0. The van der Waals surface area contributed by atoms with Crippen LogP contribution in [0.4, 0.5) is 0 Å². The molecule has 3 aliphatic rings. The molecule has 2 unspecified atom stereocenters. The summed E-state index contributed by atoms with van der Waals surface area (Å²) in [4.78, 5) is 37.2. The number of β-amino-alcohol motifs (C(OH)–C–C–N with tert-alkyl or cyclic N) is 1. The van der Waals surface area contributed by atoms with Gasteiger partial charge in [0.15, 0.2) is 0 Å². The molecule has 216 valence electrons. The average Bonchev–Trinajstić information content (AvgIpc) is 3.46. The summed E-state index contributed by atoms with van der Waals surface area (Å²) in [7, 11) is 1.81. The number of carbonyl (C=O) groups is 2. The van der Waals surface area contributed by atoms with Crippen molar-refractivity contribution < 1.29 is 14.7 Å². The number of rotatable bonds is 9. The van der Waals surface area contributed by atoms with Gasteiger partial charge in [0.05, 0.1) is 17.0 Å². The standard InChI is InChI=1S/C31H37ClN6O3/c1-34-18-22-17-30(28(33)40,23-8-7-14-35-19-23)16-21(22)11-15-36-26(39)20-38-27(24-9-3-4-10-25(24)32)37-31(29(38)41)12-5-2-6-13-31/h3-4,7-11,14,18-19,26,34,36,39H,2,5-6,12-13,15-17,20H2,1H3,(H2,33,40)/b21-11-,22-18-. The monoisotopic (exact) mass is 576 g/mol. The first-order chi connectivity index (χ1) is 19.8. The Labute approximate surface area is 245 Å². The molecule has 10 heteroatoms. The molecule has 2 atom stereocenters. The Morgan fingerprint density at radius 3 is 2.61 bits per heavy atom. The van der Waals surface area contributed by atoms with Gasteiger partial charge in [0.2, 0.25) is 5.91 Å². The van der Waals surface area contributed by atoms with Crippen LogP contribution in [0.5, 0.6) is 0 Å². The van der Waals surface area contributed by atoms with Crippen LogP contribution in [-0.2, 0) is 15.0 Å². The maximum absolute atomic E-state index is 13.7. The number of benzene rings is 1. The SMILES string of the molecule is CN/C=C1/CC(C(N)=O)(c2cccnc2)C/C1=C/CNC(O)CN1C(=O)C2(CCCCC2)N=C1c1ccccc1Cl. The zero-order valence-corrected chi connectivity index (χ0v) is 24.0. The maximum atomic E-state index is 13.7. The van der Waals surface area contributed by atoms with E-state index in [-0.39, 0.29) is 12.5 Å². The molecule has 5 N–H and O–H groups in total. The maximum Gasteiger partial charge on any atom is 0.256 e. The summed E-state index contributed by atoms with van der Waals surface area (Å²) in [6.45, 7) is 0.360. The van der Waals surface area contributed by atoms with Crippen molar-refractivity contribution in [3.63, 3.8) is 0 Å². The highest BCUT2D eigenvalue weighted by Gasteiger charge is 2.49. The molecule has 2 aliphatic carbocycles. The number of carbonyl (C=O) groups excluding carboxylic acids is 2. The van der Waals surface area contributed by atoms with E-state index in [1.165, 1.54) is 0 Å². The lowest BCUT2D eigenvalue weighted by Crippen LogP contribution is -2.49. The fourth-order valence-corrected chi connectivity index (χ4v) is 6.54. The Balaban J connectivity index is 1.32. The second-order valence-corrected chi connectivity index (χ2v) is 11.5. The molecule has 0 saturated heterocycles. The van der Waals surface area contributed by atoms with E-state index >= 15 is 0 Å². The van der Waals surface area contributed by atoms with Gasteiger partial charge in [-0.3, -0.25) is 29.8 Å². The van der Waals surface area contributed by atoms with Crippen molar-refractivity contribution in [2.45, 2.75) is 62.1 Å². The average molecular weight is 577 g/mol. The van der Waals surface area contributed by atoms with Gasteiger partial charge in [0, 0.05) is 31.5 Å². The van der Waals surface area contributed by atoms with E-state index in [4.69, 9.17) is 22.3 Å². The molecule has 41 heavy (non-hydrogen) atoms. The normalized spacial score (nSPS) is 24.7. The second kappa shape index (κ2) is 12.1. The number of allylic oxidation sites excluding steroid dienone is 2. The highest BCUT2D eigenvalue weighted by molar-refractivity contribution is 6.35. The number of hydrogen-bond donors (Lipinski definition) is 4. The predicted octanol–water partition coefficient (Wildman–Crippen LogP) is 3.18. The number of hydrogen-bond acceptors (Lipinski definition) is 7. The number of pyridine rings is 1. The lowest BCUT2D eigenvalue weighted by molar-refractivity contribution is -0.133. The van der Waals surface area contributed by atoms with Gasteiger partial charge in [-0.15, -0.1) is 0 Å². The number of nitrogens with two attached hydrogens (primary N) is 1. The van der Waals surface area contributed by atoms with Crippen LogP contribution in [0.15, 0.2) is 77.2 Å². The summed E-state index contributed by atoms with van der Waals surface area (Å²) in [5, 5.41) is 17.7. The zero-order chi connectivity index (χ0) is 29.0. The molecular formula is C31H37ClN6O3. The molecular weight excluding hydrogens is 540 g/mol. The van der Waals surface area contributed by atoms with Crippen molar-refractivity contribution in [2.75, 3.05) is 20.1 Å². The van der Waals surface area contributed by atoms with Gasteiger partial charge in [0.25, 0.3) is 5.91 Å². The van der Waals surface area contributed by atoms with E-state index in [1.807, 2.05) is 43.6 Å². The van der Waals surface area contributed by atoms with E-state index < -0.39 is 23.1 Å². The fourth-order valence-electron chi connectivity index (χ4n) is 6.32. The van der Waals surface area contributed by atoms with Gasteiger partial charge >= 0.3 is 0 Å². The molecule has 5 rings (SSSR count). The highest BCUT2D eigenvalue weighted by Crippen LogP contribution is 2.46. The number of aromatic nitrogens is 1. The third kappa shape index (κ3) is 5.66. The summed E-state index contributed by atoms with van der Waals surface area (Å²) >= 11 is 6.51. The third-order valence-corrected chi connectivity index (χ3v) is 8.80. The smallest absolute Gasteiger partial charge is 0.256 e. The van der Waals surface area contributed by atoms with Crippen LogP contribution in [0.2, 0.25) is 5.02 Å². The van der Waals surface area contributed by atoms with Crippen LogP contribution in [0.1, 0.15) is 56.1 Å². The molecule has 2 fully saturated rings. The molecule has 2 saturated carbocycles. The number of nitrogens with zero attached hydrogens (tertiary/aromatic N) is 3. The topological polar surface area (TPSA) is 133 Å². The molecule has 1 aromatic heterocycles. The number of primary amides is 1. The van der Waals surface area contributed by atoms with Gasteiger partial charge in [-0.2, -0.15) is 0 Å². The number of aliphatic hydroxyl groups is 1. The third-order valence-electron chi connectivity index (χ3n) is 8.47. The predicted molar refractivity (Wildman–Crippen MR) is 159 cm³/mol. The van der Waals surface area contributed by atoms with Crippen molar-refractivity contribution in [3.05, 3.63) is 88.4 Å². The number of amides is 2. The Bertz CT molecular complexity index is 1390. The lowest BCUT2D eigenvalue weighted by atomic mass is 9.78. The van der Waals surface area contributed by atoms with E-state index in [0.29, 0.717) is 48.6 Å². The van der Waals surface area contributed by atoms with Gasteiger partial charge in [-0.05, 0) is 66.8 Å². The van der Waals surface area contributed by atoms with Crippen LogP contribution in [0.3, 0.4) is 0 Å². The Kier molecular flexibility index (Phi) is 8.58. The van der Waals surface area contributed by atoms with Crippen LogP contribution in [-0.4, -0.2) is 64.5 Å². The van der Waals surface area contributed by atoms with Gasteiger partial charge in [-0.1, -0.05) is 55.1 Å². The van der Waals surface area contributed by atoms with Crippen molar-refractivity contribution in [1.29, 1.82) is 0 Å². The number of halogens is 1. The molecule has 1 spiro atoms. The van der Waals surface area contributed by atoms with Gasteiger partial charge < -0.3 is 16.2 Å². The first-order valence-corrected chi connectivity index (χ1v) is 14.5. The summed E-state index contributed by atoms with van der Waals surface area (Å²) < 4.78 is 0. The van der Waals surface area contributed by atoms with E-state index in [9.17, 15) is 14.7 Å². The van der Waals surface area contributed by atoms with Crippen molar-refractivity contribution in [3.8, 4) is 0 Å². The largest absolute Gasteiger partial charge is 0.394 e. The van der Waals surface area contributed by atoms with E-state index in [0.717, 1.165) is 36.0 Å². The van der Waals surface area contributed by atoms with Crippen molar-refractivity contribution in [2.24, 2.45) is 10.7 Å². The molecule has 1 aliphatic heterocycles. The minimum atomic E-state index is -1.01. The van der Waals surface area contributed by atoms with Crippen molar-refractivity contribution in [1.82, 2.24) is 20.5 Å². The minimum Gasteiger partial charge on any atom is -0.394 e. The second-order valence-electron chi connectivity index (χ2n) is 11.1. The van der Waals surface area contributed by atoms with Crippen LogP contribution < -0.4 is 16.4 Å². The molecule has 0 bridgehead atoms. The van der Waals surface area contributed by atoms with Gasteiger partial charge in [-0.25, -0.2) is 0 Å². The quantitative estimate of drug-likeness (QED) is 0.339. The number of nitrogens with one attached hydrogen (secondary N) is 2. The fraction of sp³-hybridized carbons (Fsp3) is 0.419. The molecule has 2 amide bonds. The van der Waals surface area contributed by atoms with Gasteiger partial charge in [0.1, 0.15) is 17.6 Å². The first-order valence-electron chi connectivity index (χ1n) is 14.1. The number of amidine groups is 1. The minimum absolute atomic E-state index is 0.0356. The summed E-state index contributed by atoms with van der Waals surface area (Å²) in [5.41, 5.74) is 7.66. The summed E-state index contributed by atoms with van der Waals surface area (Å²) in [5.74, 6) is 0.0305. The lowest BCUT2D eigenvalue weighted by Gasteiger charge is -2.30. The molecule has 9 nitrogen and oxygen atoms in total. The van der Waals surface area contributed by atoms with Crippen LogP contribution in [0, 0.1) is 0 Å². The van der Waals surface area contributed by atoms with E-state index in [1.54, 1.807) is 29.4 Å². The number of aliphatic hydroxyl groups excluding tert-OH is 1. The van der Waals surface area contributed by atoms with Crippen molar-refractivity contribution >= 4 is 29.3 Å². The Morgan fingerprint density at radius 2 is 1.93 bits per heavy atom. The first kappa shape index (κ1) is 29.0. The molecule has 2 heterocycles. The number of aliphatic imine (C=N–C) groups is 1. The van der Waals surface area contributed by atoms with Crippen LogP contribution >= 0.6 is 11.6 Å². The highest BCUT2D eigenvalue weighted by atomic mass is 35.5. The Morgan fingerprint density at radius 1 is 1.17 bits per heavy atom.